The first-order valence-corrected chi connectivity index (χ1v) is 11.7. The summed E-state index contributed by atoms with van der Waals surface area (Å²) in [5.41, 5.74) is 0. The molecular weight excluding hydrogens is 410 g/mol. The Morgan fingerprint density at radius 3 is 2.47 bits per heavy atom. The zero-order valence-electron chi connectivity index (χ0n) is 17.1. The van der Waals surface area contributed by atoms with Crippen molar-refractivity contribution in [2.75, 3.05) is 26.8 Å². The van der Waals surface area contributed by atoms with Crippen LogP contribution in [0.25, 0.3) is 0 Å². The lowest BCUT2D eigenvalue weighted by Gasteiger charge is -2.34. The number of ether oxygens (including phenoxy) is 2. The van der Waals surface area contributed by atoms with Crippen LogP contribution in [0, 0.1) is 0 Å². The van der Waals surface area contributed by atoms with Gasteiger partial charge in [0.2, 0.25) is 10.0 Å². The molecule has 0 spiro atoms. The average Bonchev–Trinajstić information content (AvgIpc) is 2.78. The molecule has 2 aliphatic rings. The first-order valence-electron chi connectivity index (χ1n) is 10.3. The van der Waals surface area contributed by atoms with Crippen molar-refractivity contribution in [3.63, 3.8) is 0 Å². The maximum atomic E-state index is 13.1. The van der Waals surface area contributed by atoms with Crippen molar-refractivity contribution in [2.24, 2.45) is 0 Å². The average molecular weight is 440 g/mol. The summed E-state index contributed by atoms with van der Waals surface area (Å²) < 4.78 is 38.0. The Bertz CT molecular complexity index is 837. The lowest BCUT2D eigenvalue weighted by molar-refractivity contribution is -0.140. The summed E-state index contributed by atoms with van der Waals surface area (Å²) in [4.78, 5) is 24.4. The van der Waals surface area contributed by atoms with Gasteiger partial charge in [0, 0.05) is 12.6 Å². The van der Waals surface area contributed by atoms with Crippen LogP contribution in [0.5, 0.6) is 5.75 Å². The first-order chi connectivity index (χ1) is 14.4. The van der Waals surface area contributed by atoms with Gasteiger partial charge in [-0.15, -0.1) is 0 Å². The Morgan fingerprint density at radius 2 is 1.80 bits per heavy atom. The number of benzene rings is 1. The van der Waals surface area contributed by atoms with E-state index in [-0.39, 0.29) is 24.0 Å². The van der Waals surface area contributed by atoms with E-state index in [4.69, 9.17) is 9.47 Å². The van der Waals surface area contributed by atoms with Crippen molar-refractivity contribution in [3.8, 4) is 5.75 Å². The maximum Gasteiger partial charge on any atom is 0.309 e. The van der Waals surface area contributed by atoms with Crippen molar-refractivity contribution in [3.05, 3.63) is 24.3 Å². The number of nitrogens with zero attached hydrogens (tertiary/aromatic N) is 1. The number of amides is 2. The van der Waals surface area contributed by atoms with Gasteiger partial charge in [-0.3, -0.25) is 9.59 Å². The molecule has 0 bridgehead atoms. The van der Waals surface area contributed by atoms with Gasteiger partial charge in [-0.25, -0.2) is 8.42 Å². The standard InChI is InChI=1S/C20H29N3O6S/c1-28-16-8-10-17(11-9-16)30(26,27)23-12-5-13-29-18(23)14-21-19(24)20(25)22-15-6-3-2-4-7-15/h8-11,15,18H,2-7,12-14H2,1H3,(H,21,24)(H,22,25)/t18-/m0/s1. The third kappa shape index (κ3) is 5.50. The van der Waals surface area contributed by atoms with Crippen molar-refractivity contribution in [2.45, 2.75) is 55.7 Å². The van der Waals surface area contributed by atoms with Gasteiger partial charge in [-0.2, -0.15) is 4.31 Å². The lowest BCUT2D eigenvalue weighted by Crippen LogP contribution is -2.53. The van der Waals surface area contributed by atoms with Gasteiger partial charge < -0.3 is 20.1 Å². The Labute approximate surface area is 177 Å². The quantitative estimate of drug-likeness (QED) is 0.639. The fourth-order valence-electron chi connectivity index (χ4n) is 3.74. The van der Waals surface area contributed by atoms with Crippen LogP contribution in [-0.4, -0.2) is 63.6 Å². The monoisotopic (exact) mass is 439 g/mol. The Kier molecular flexibility index (Phi) is 7.68. The van der Waals surface area contributed by atoms with Gasteiger partial charge >= 0.3 is 11.8 Å². The summed E-state index contributed by atoms with van der Waals surface area (Å²) in [5.74, 6) is -0.921. The van der Waals surface area contributed by atoms with Crippen LogP contribution in [0.15, 0.2) is 29.2 Å². The number of carbonyl (C=O) groups excluding carboxylic acids is 2. The molecule has 2 N–H and O–H groups in total. The SMILES string of the molecule is COc1ccc(S(=O)(=O)N2CCCO[C@H]2CNC(=O)C(=O)NC2CCCCC2)cc1. The zero-order valence-corrected chi connectivity index (χ0v) is 17.9. The van der Waals surface area contributed by atoms with Crippen LogP contribution in [0.4, 0.5) is 0 Å². The van der Waals surface area contributed by atoms with Crippen molar-refractivity contribution in [1.29, 1.82) is 0 Å². The molecule has 1 aliphatic carbocycles. The van der Waals surface area contributed by atoms with Crippen LogP contribution < -0.4 is 15.4 Å². The highest BCUT2D eigenvalue weighted by atomic mass is 32.2. The topological polar surface area (TPSA) is 114 Å². The fraction of sp³-hybridized carbons (Fsp3) is 0.600. The molecular formula is C20H29N3O6S. The molecule has 3 rings (SSSR count). The molecule has 0 unspecified atom stereocenters. The molecule has 30 heavy (non-hydrogen) atoms. The highest BCUT2D eigenvalue weighted by Crippen LogP contribution is 2.24. The summed E-state index contributed by atoms with van der Waals surface area (Å²) in [5, 5.41) is 5.26. The minimum absolute atomic E-state index is 0.0230. The van der Waals surface area contributed by atoms with Gasteiger partial charge in [0.25, 0.3) is 0 Å². The molecule has 1 aromatic carbocycles. The minimum atomic E-state index is -3.83. The summed E-state index contributed by atoms with van der Waals surface area (Å²) in [7, 11) is -2.32. The molecule has 2 amide bonds. The second-order valence-corrected chi connectivity index (χ2v) is 9.38. The normalized spacial score (nSPS) is 21.0. The summed E-state index contributed by atoms with van der Waals surface area (Å²) in [6, 6.07) is 6.11. The number of hydrogen-bond acceptors (Lipinski definition) is 6. The van der Waals surface area contributed by atoms with Crippen molar-refractivity contribution < 1.29 is 27.5 Å². The molecule has 0 radical (unpaired) electrons. The second kappa shape index (κ2) is 10.2. The van der Waals surface area contributed by atoms with Gasteiger partial charge in [-0.1, -0.05) is 19.3 Å². The third-order valence-electron chi connectivity index (χ3n) is 5.40. The summed E-state index contributed by atoms with van der Waals surface area (Å²) >= 11 is 0. The van der Waals surface area contributed by atoms with Crippen LogP contribution in [0.2, 0.25) is 0 Å². The Hall–Kier alpha value is -2.17. The number of hydrogen-bond donors (Lipinski definition) is 2. The number of nitrogens with one attached hydrogen (secondary N) is 2. The van der Waals surface area contributed by atoms with Crippen LogP contribution in [-0.2, 0) is 24.3 Å². The molecule has 1 aliphatic heterocycles. The molecule has 0 aromatic heterocycles. The van der Waals surface area contributed by atoms with E-state index in [1.165, 1.54) is 23.5 Å². The van der Waals surface area contributed by atoms with Gasteiger partial charge in [0.05, 0.1) is 25.2 Å². The van der Waals surface area contributed by atoms with Crippen LogP contribution >= 0.6 is 0 Å². The third-order valence-corrected chi connectivity index (χ3v) is 7.31. The van der Waals surface area contributed by atoms with E-state index in [1.54, 1.807) is 12.1 Å². The molecule has 2 fully saturated rings. The largest absolute Gasteiger partial charge is 0.497 e. The van der Waals surface area contributed by atoms with Crippen LogP contribution in [0.3, 0.4) is 0 Å². The Balaban J connectivity index is 1.60. The summed E-state index contributed by atoms with van der Waals surface area (Å²) in [6.07, 6.45) is 4.65. The van der Waals surface area contributed by atoms with Crippen molar-refractivity contribution in [1.82, 2.24) is 14.9 Å². The van der Waals surface area contributed by atoms with Gasteiger partial charge in [0.1, 0.15) is 12.0 Å². The van der Waals surface area contributed by atoms with E-state index in [0.29, 0.717) is 18.8 Å². The molecule has 1 atom stereocenters. The lowest BCUT2D eigenvalue weighted by atomic mass is 9.95. The highest BCUT2D eigenvalue weighted by Gasteiger charge is 2.35. The highest BCUT2D eigenvalue weighted by molar-refractivity contribution is 7.89. The second-order valence-electron chi connectivity index (χ2n) is 7.49. The predicted octanol–water partition coefficient (Wildman–Crippen LogP) is 0.997. The molecule has 9 nitrogen and oxygen atoms in total. The van der Waals surface area contributed by atoms with Crippen molar-refractivity contribution >= 4 is 21.8 Å². The van der Waals surface area contributed by atoms with E-state index < -0.39 is 28.1 Å². The fourth-order valence-corrected chi connectivity index (χ4v) is 5.31. The zero-order chi connectivity index (χ0) is 21.6. The molecule has 166 valence electrons. The number of sulfonamides is 1. The molecule has 1 heterocycles. The van der Waals surface area contributed by atoms with Gasteiger partial charge in [0.15, 0.2) is 0 Å². The smallest absolute Gasteiger partial charge is 0.309 e. The van der Waals surface area contributed by atoms with E-state index in [1.807, 2.05) is 0 Å². The first kappa shape index (κ1) is 22.5. The molecule has 1 saturated heterocycles. The predicted molar refractivity (Wildman–Crippen MR) is 109 cm³/mol. The van der Waals surface area contributed by atoms with E-state index in [0.717, 1.165) is 32.1 Å². The van der Waals surface area contributed by atoms with Crippen LogP contribution in [0.1, 0.15) is 38.5 Å². The minimum Gasteiger partial charge on any atom is -0.497 e. The van der Waals surface area contributed by atoms with Gasteiger partial charge in [-0.05, 0) is 43.5 Å². The molecule has 1 saturated carbocycles. The Morgan fingerprint density at radius 1 is 1.10 bits per heavy atom. The molecule has 10 heteroatoms. The number of methoxy groups -OCH3 is 1. The van der Waals surface area contributed by atoms with E-state index in [9.17, 15) is 18.0 Å². The summed E-state index contributed by atoms with van der Waals surface area (Å²) in [6.45, 7) is 0.541. The maximum absolute atomic E-state index is 13.1. The number of rotatable bonds is 6. The number of carbonyl (C=O) groups is 2. The molecule has 1 aromatic rings. The van der Waals surface area contributed by atoms with E-state index >= 15 is 0 Å². The van der Waals surface area contributed by atoms with E-state index in [2.05, 4.69) is 10.6 Å².